The summed E-state index contributed by atoms with van der Waals surface area (Å²) in [5.41, 5.74) is 2.47. The Morgan fingerprint density at radius 3 is 2.90 bits per heavy atom. The first-order valence-corrected chi connectivity index (χ1v) is 7.87. The molecule has 0 aromatic heterocycles. The molecule has 1 unspecified atom stereocenters. The number of halogens is 1. The SMILES string of the molecule is CCC(F)COCc1ccc(C)cc1N1C(=N)SCC1=O. The molecule has 1 saturated heterocycles. The van der Waals surface area contributed by atoms with Crippen LogP contribution in [0.1, 0.15) is 24.5 Å². The van der Waals surface area contributed by atoms with Crippen LogP contribution >= 0.6 is 11.8 Å². The highest BCUT2D eigenvalue weighted by Gasteiger charge is 2.30. The summed E-state index contributed by atoms with van der Waals surface area (Å²) >= 11 is 1.21. The molecule has 1 N–H and O–H groups in total. The molecule has 4 nitrogen and oxygen atoms in total. The van der Waals surface area contributed by atoms with Gasteiger partial charge >= 0.3 is 0 Å². The van der Waals surface area contributed by atoms with Crippen molar-refractivity contribution in [3.8, 4) is 0 Å². The number of aryl methyl sites for hydroxylation is 1. The molecule has 1 amide bonds. The van der Waals surface area contributed by atoms with E-state index in [1.54, 1.807) is 6.92 Å². The molecule has 1 fully saturated rings. The Balaban J connectivity index is 2.18. The molecule has 21 heavy (non-hydrogen) atoms. The summed E-state index contributed by atoms with van der Waals surface area (Å²) < 4.78 is 18.6. The number of carbonyl (C=O) groups is 1. The third kappa shape index (κ3) is 3.83. The van der Waals surface area contributed by atoms with Crippen molar-refractivity contribution < 1.29 is 13.9 Å². The first-order chi connectivity index (χ1) is 10.0. The summed E-state index contributed by atoms with van der Waals surface area (Å²) in [5, 5.41) is 8.11. The lowest BCUT2D eigenvalue weighted by atomic mass is 10.1. The molecule has 1 atom stereocenters. The maximum atomic E-state index is 13.2. The average Bonchev–Trinajstić information content (AvgIpc) is 2.79. The number of hydrogen-bond acceptors (Lipinski definition) is 4. The maximum Gasteiger partial charge on any atom is 0.243 e. The summed E-state index contributed by atoms with van der Waals surface area (Å²) in [5.74, 6) is 0.184. The fourth-order valence-corrected chi connectivity index (χ4v) is 2.75. The topological polar surface area (TPSA) is 53.4 Å². The molecule has 1 aliphatic rings. The van der Waals surface area contributed by atoms with E-state index in [-0.39, 0.29) is 30.0 Å². The number of rotatable bonds is 6. The fourth-order valence-electron chi connectivity index (χ4n) is 2.03. The quantitative estimate of drug-likeness (QED) is 0.877. The monoisotopic (exact) mass is 310 g/mol. The van der Waals surface area contributed by atoms with Crippen molar-refractivity contribution in [2.45, 2.75) is 33.0 Å². The van der Waals surface area contributed by atoms with E-state index in [1.165, 1.54) is 16.7 Å². The van der Waals surface area contributed by atoms with E-state index in [0.717, 1.165) is 11.1 Å². The molecule has 2 rings (SSSR count). The lowest BCUT2D eigenvalue weighted by molar-refractivity contribution is -0.115. The molecule has 1 aliphatic heterocycles. The second kappa shape index (κ2) is 7.04. The van der Waals surface area contributed by atoms with E-state index in [4.69, 9.17) is 10.1 Å². The number of hydrogen-bond donors (Lipinski definition) is 1. The van der Waals surface area contributed by atoms with Crippen LogP contribution in [0.3, 0.4) is 0 Å². The summed E-state index contributed by atoms with van der Waals surface area (Å²) in [6.07, 6.45) is -0.548. The van der Waals surface area contributed by atoms with Crippen LogP contribution in [0.25, 0.3) is 0 Å². The Labute approximate surface area is 128 Å². The number of amides is 1. The summed E-state index contributed by atoms with van der Waals surface area (Å²) in [4.78, 5) is 13.3. The van der Waals surface area contributed by atoms with Crippen LogP contribution < -0.4 is 4.90 Å². The van der Waals surface area contributed by atoms with Crippen molar-refractivity contribution >= 4 is 28.5 Å². The Hall–Kier alpha value is -1.40. The number of thioether (sulfide) groups is 1. The normalized spacial score (nSPS) is 16.6. The largest absolute Gasteiger partial charge is 0.374 e. The van der Waals surface area contributed by atoms with Gasteiger partial charge in [0.15, 0.2) is 5.17 Å². The van der Waals surface area contributed by atoms with Crippen molar-refractivity contribution in [2.24, 2.45) is 0 Å². The van der Waals surface area contributed by atoms with Crippen LogP contribution in [0, 0.1) is 12.3 Å². The van der Waals surface area contributed by atoms with Crippen LogP contribution in [-0.4, -0.2) is 29.6 Å². The van der Waals surface area contributed by atoms with Crippen molar-refractivity contribution in [3.63, 3.8) is 0 Å². The predicted molar refractivity (Wildman–Crippen MR) is 83.7 cm³/mol. The van der Waals surface area contributed by atoms with Crippen LogP contribution in [0.5, 0.6) is 0 Å². The van der Waals surface area contributed by atoms with Gasteiger partial charge in [-0.1, -0.05) is 30.8 Å². The molecule has 0 bridgehead atoms. The zero-order valence-corrected chi connectivity index (χ0v) is 13.0. The van der Waals surface area contributed by atoms with E-state index in [2.05, 4.69) is 0 Å². The summed E-state index contributed by atoms with van der Waals surface area (Å²) in [6, 6.07) is 5.66. The Kier molecular flexibility index (Phi) is 5.36. The first-order valence-electron chi connectivity index (χ1n) is 6.88. The van der Waals surface area contributed by atoms with Crippen LogP contribution in [0.2, 0.25) is 0 Å². The maximum absolute atomic E-state index is 13.2. The molecule has 0 saturated carbocycles. The van der Waals surface area contributed by atoms with Gasteiger partial charge in [-0.2, -0.15) is 0 Å². The molecule has 114 valence electrons. The number of nitrogens with one attached hydrogen (secondary N) is 1. The third-order valence-electron chi connectivity index (χ3n) is 3.27. The zero-order valence-electron chi connectivity index (χ0n) is 12.2. The Bertz CT molecular complexity index is 534. The summed E-state index contributed by atoms with van der Waals surface area (Å²) in [7, 11) is 0. The third-order valence-corrected chi connectivity index (χ3v) is 4.11. The molecule has 1 aromatic rings. The van der Waals surface area contributed by atoms with E-state index < -0.39 is 6.17 Å². The van der Waals surface area contributed by atoms with Crippen molar-refractivity contribution in [2.75, 3.05) is 17.3 Å². The van der Waals surface area contributed by atoms with Crippen molar-refractivity contribution in [1.82, 2.24) is 0 Å². The van der Waals surface area contributed by atoms with Gasteiger partial charge in [0.05, 0.1) is 24.7 Å². The lowest BCUT2D eigenvalue weighted by Gasteiger charge is -2.20. The molecule has 1 heterocycles. The van der Waals surface area contributed by atoms with Gasteiger partial charge in [0.25, 0.3) is 0 Å². The van der Waals surface area contributed by atoms with E-state index in [9.17, 15) is 9.18 Å². The van der Waals surface area contributed by atoms with Crippen molar-refractivity contribution in [3.05, 3.63) is 29.3 Å². The second-order valence-corrected chi connectivity index (χ2v) is 5.94. The van der Waals surface area contributed by atoms with Gasteiger partial charge in [0.1, 0.15) is 6.17 Å². The Morgan fingerprint density at radius 1 is 1.52 bits per heavy atom. The first kappa shape index (κ1) is 16.0. The van der Waals surface area contributed by atoms with E-state index in [1.807, 2.05) is 25.1 Å². The molecule has 0 radical (unpaired) electrons. The minimum absolute atomic E-state index is 0.0456. The van der Waals surface area contributed by atoms with E-state index >= 15 is 0 Å². The molecule has 1 aromatic carbocycles. The van der Waals surface area contributed by atoms with Crippen LogP contribution in [0.15, 0.2) is 18.2 Å². The highest BCUT2D eigenvalue weighted by Crippen LogP contribution is 2.30. The van der Waals surface area contributed by atoms with Crippen LogP contribution in [0.4, 0.5) is 10.1 Å². The number of benzene rings is 1. The predicted octanol–water partition coefficient (Wildman–Crippen LogP) is 3.27. The standard InChI is InChI=1S/C15H19FN2O2S/c1-3-12(16)8-20-7-11-5-4-10(2)6-13(11)18-14(19)9-21-15(18)17/h4-6,12,17H,3,7-9H2,1-2H3. The van der Waals surface area contributed by atoms with Crippen molar-refractivity contribution in [1.29, 1.82) is 5.41 Å². The van der Waals surface area contributed by atoms with Gasteiger partial charge in [0.2, 0.25) is 5.91 Å². The minimum atomic E-state index is -0.971. The fraction of sp³-hybridized carbons (Fsp3) is 0.467. The average molecular weight is 310 g/mol. The number of amidine groups is 1. The highest BCUT2D eigenvalue weighted by atomic mass is 32.2. The van der Waals surface area contributed by atoms with Gasteiger partial charge in [-0.05, 0) is 25.0 Å². The van der Waals surface area contributed by atoms with Gasteiger partial charge in [-0.25, -0.2) is 4.39 Å². The number of alkyl halides is 1. The Morgan fingerprint density at radius 2 is 2.29 bits per heavy atom. The lowest BCUT2D eigenvalue weighted by Crippen LogP contribution is -2.29. The number of carbonyl (C=O) groups excluding carboxylic acids is 1. The zero-order chi connectivity index (χ0) is 15.4. The smallest absolute Gasteiger partial charge is 0.243 e. The molecule has 6 heteroatoms. The molecule has 0 spiro atoms. The number of anilines is 1. The minimum Gasteiger partial charge on any atom is -0.374 e. The number of ether oxygens (including phenoxy) is 1. The van der Waals surface area contributed by atoms with Gasteiger partial charge < -0.3 is 4.74 Å². The molecule has 0 aliphatic carbocycles. The van der Waals surface area contributed by atoms with E-state index in [0.29, 0.717) is 12.1 Å². The van der Waals surface area contributed by atoms with Gasteiger partial charge in [-0.15, -0.1) is 0 Å². The molecular weight excluding hydrogens is 291 g/mol. The van der Waals surface area contributed by atoms with Crippen LogP contribution in [-0.2, 0) is 16.1 Å². The van der Waals surface area contributed by atoms with Gasteiger partial charge in [0, 0.05) is 5.56 Å². The summed E-state index contributed by atoms with van der Waals surface area (Å²) in [6.45, 7) is 3.98. The number of nitrogens with zero attached hydrogens (tertiary/aromatic N) is 1. The second-order valence-electron chi connectivity index (χ2n) is 4.98. The van der Waals surface area contributed by atoms with Gasteiger partial charge in [-0.3, -0.25) is 15.1 Å². The molecular formula is C15H19FN2O2S. The highest BCUT2D eigenvalue weighted by molar-refractivity contribution is 8.15.